The Morgan fingerprint density at radius 3 is 2.67 bits per heavy atom. The van der Waals surface area contributed by atoms with Crippen LogP contribution in [0.2, 0.25) is 4.34 Å². The Balaban J connectivity index is 3.01. The van der Waals surface area contributed by atoms with E-state index < -0.39 is 0 Å². The molecule has 0 N–H and O–H groups in total. The molecule has 1 atom stereocenters. The molecule has 0 bridgehead atoms. The van der Waals surface area contributed by atoms with Crippen molar-refractivity contribution in [3.63, 3.8) is 0 Å². The van der Waals surface area contributed by atoms with E-state index in [1.165, 1.54) is 4.88 Å². The van der Waals surface area contributed by atoms with Crippen molar-refractivity contribution in [1.82, 2.24) is 0 Å². The predicted octanol–water partition coefficient (Wildman–Crippen LogP) is 1.83. The first-order valence-corrected chi connectivity index (χ1v) is 4.41. The van der Waals surface area contributed by atoms with E-state index >= 15 is 0 Å². The lowest BCUT2D eigenvalue weighted by Gasteiger charge is -1.83. The van der Waals surface area contributed by atoms with Gasteiger partial charge in [-0.05, 0) is 6.92 Å². The fourth-order valence-corrected chi connectivity index (χ4v) is 2.30. The fourth-order valence-electron chi connectivity index (χ4n) is 0.619. The lowest BCUT2D eigenvalue weighted by Crippen LogP contribution is -2.04. The van der Waals surface area contributed by atoms with Crippen molar-refractivity contribution in [1.29, 1.82) is 0 Å². The predicted molar refractivity (Wildman–Crippen MR) is 49.2 cm³/mol. The summed E-state index contributed by atoms with van der Waals surface area (Å²) in [6.45, 7) is 3.99. The smallest absolute Gasteiger partial charge is 0.172 e. The molecule has 1 rings (SSSR count). The quantitative estimate of drug-likeness (QED) is 0.451. The van der Waals surface area contributed by atoms with Gasteiger partial charge in [0.05, 0.1) is 4.34 Å². The second-order valence-corrected chi connectivity index (χ2v) is 3.94. The summed E-state index contributed by atoms with van der Waals surface area (Å²) in [6.07, 6.45) is 0. The van der Waals surface area contributed by atoms with Gasteiger partial charge in [-0.15, -0.1) is 11.3 Å². The summed E-state index contributed by atoms with van der Waals surface area (Å²) in [5.74, 6) is 0. The van der Waals surface area contributed by atoms with Gasteiger partial charge in [0.15, 0.2) is 7.00 Å². The number of hydrogen-bond donors (Lipinski definition) is 0. The van der Waals surface area contributed by atoms with Gasteiger partial charge in [-0.2, -0.15) is 9.12 Å². The lowest BCUT2D eigenvalue weighted by molar-refractivity contribution is 1.66. The Morgan fingerprint density at radius 1 is 1.78 bits per heavy atom. The molecule has 0 aliphatic carbocycles. The zero-order valence-corrected chi connectivity index (χ0v) is 7.75. The van der Waals surface area contributed by atoms with Gasteiger partial charge in [-0.1, -0.05) is 23.1 Å². The highest BCUT2D eigenvalue weighted by molar-refractivity contribution is 7.59. The second-order valence-electron chi connectivity index (χ2n) is 1.75. The molecule has 1 unspecified atom stereocenters. The molecule has 0 fully saturated rings. The molecule has 0 saturated carbocycles. The maximum absolute atomic E-state index is 5.82. The number of aryl methyl sites for hydroxylation is 1. The van der Waals surface area contributed by atoms with Crippen LogP contribution >= 0.6 is 32.1 Å². The number of rotatable bonds is 1. The summed E-state index contributed by atoms with van der Waals surface area (Å²) in [6, 6.07) is 2.07. The molecule has 0 aliphatic rings. The third-order valence-electron chi connectivity index (χ3n) is 1.02. The molecule has 1 heterocycles. The van der Waals surface area contributed by atoms with Crippen molar-refractivity contribution in [2.24, 2.45) is 0 Å². The molecule has 9 heavy (non-hydrogen) atoms. The Morgan fingerprint density at radius 2 is 2.44 bits per heavy atom. The van der Waals surface area contributed by atoms with E-state index in [4.69, 9.17) is 11.6 Å². The summed E-state index contributed by atoms with van der Waals surface area (Å²) >= 11 is 7.43. The summed E-state index contributed by atoms with van der Waals surface area (Å²) < 4.78 is 0.877. The molecule has 1 aromatic rings. The fraction of sp³-hybridized carbons (Fsp3) is 0.200. The molecule has 1 aromatic heterocycles. The Hall–Kier alpha value is 0.485. The molecule has 4 heteroatoms. The number of thiophene rings is 1. The molecule has 1 radical (unpaired) electrons. The molecule has 0 aliphatic heterocycles. The van der Waals surface area contributed by atoms with Crippen LogP contribution in [0.3, 0.4) is 0 Å². The molecule has 47 valence electrons. The number of hydrogen-bond acceptors (Lipinski definition) is 1. The van der Waals surface area contributed by atoms with E-state index in [0.717, 1.165) is 9.80 Å². The van der Waals surface area contributed by atoms with Gasteiger partial charge >= 0.3 is 0 Å². The molecule has 0 saturated heterocycles. The first kappa shape index (κ1) is 7.59. The summed E-state index contributed by atoms with van der Waals surface area (Å²) in [7, 11) is 2.54. The molecule has 0 spiro atoms. The second kappa shape index (κ2) is 3.05. The van der Waals surface area contributed by atoms with Crippen molar-refractivity contribution < 1.29 is 0 Å². The minimum Gasteiger partial charge on any atom is -0.172 e. The van der Waals surface area contributed by atoms with Crippen LogP contribution in [-0.2, 0) is 0 Å². The van der Waals surface area contributed by atoms with E-state index in [-0.39, 0.29) is 0 Å². The van der Waals surface area contributed by atoms with Crippen LogP contribution in [0.1, 0.15) is 4.88 Å². The van der Waals surface area contributed by atoms with E-state index in [2.05, 4.69) is 15.2 Å². The lowest BCUT2D eigenvalue weighted by atomic mass is 9.98. The summed E-state index contributed by atoms with van der Waals surface area (Å²) in [5, 5.41) is 0. The minimum absolute atomic E-state index is 0.877. The van der Waals surface area contributed by atoms with Crippen molar-refractivity contribution in [2.45, 2.75) is 6.92 Å². The average molecular weight is 175 g/mol. The van der Waals surface area contributed by atoms with Crippen LogP contribution in [0, 0.1) is 6.92 Å². The largest absolute Gasteiger partial charge is 0.181 e. The van der Waals surface area contributed by atoms with Gasteiger partial charge < -0.3 is 0 Å². The van der Waals surface area contributed by atoms with Gasteiger partial charge in [0, 0.05) is 4.88 Å². The van der Waals surface area contributed by atoms with E-state index in [0.29, 0.717) is 0 Å². The van der Waals surface area contributed by atoms with Crippen molar-refractivity contribution >= 4 is 44.5 Å². The number of halogens is 1. The van der Waals surface area contributed by atoms with Crippen LogP contribution in [-0.4, -0.2) is 7.00 Å². The third-order valence-corrected chi connectivity index (χ3v) is 2.68. The van der Waals surface area contributed by atoms with Crippen LogP contribution in [0.4, 0.5) is 0 Å². The van der Waals surface area contributed by atoms with Crippen LogP contribution in [0.5, 0.6) is 0 Å². The molecule has 0 aromatic carbocycles. The highest BCUT2D eigenvalue weighted by Crippen LogP contribution is 2.18. The van der Waals surface area contributed by atoms with Crippen molar-refractivity contribution in [3.8, 4) is 0 Å². The monoisotopic (exact) mass is 175 g/mol. The van der Waals surface area contributed by atoms with E-state index in [9.17, 15) is 0 Å². The maximum Gasteiger partial charge on any atom is 0.181 e. The topological polar surface area (TPSA) is 0 Å². The van der Waals surface area contributed by atoms with Gasteiger partial charge in [0.1, 0.15) is 0 Å². The van der Waals surface area contributed by atoms with Crippen molar-refractivity contribution in [3.05, 3.63) is 15.3 Å². The van der Waals surface area contributed by atoms with Gasteiger partial charge in [-0.3, -0.25) is 0 Å². The van der Waals surface area contributed by atoms with Gasteiger partial charge in [0.2, 0.25) is 0 Å². The Labute approximate surface area is 67.0 Å². The Bertz CT molecular complexity index is 211. The molecule has 0 nitrogen and oxygen atoms in total. The standard InChI is InChI=1S/C5H6BClPS/c1-3-2-4(6-8)5(7)9-3/h2H,8H2,1H3. The third kappa shape index (κ3) is 1.70. The van der Waals surface area contributed by atoms with E-state index in [1.54, 1.807) is 11.3 Å². The van der Waals surface area contributed by atoms with Crippen LogP contribution < -0.4 is 5.46 Å². The summed E-state index contributed by atoms with van der Waals surface area (Å²) in [4.78, 5) is 1.26. The average Bonchev–Trinajstić information content (AvgIpc) is 2.10. The van der Waals surface area contributed by atoms with Crippen LogP contribution in [0.25, 0.3) is 0 Å². The highest BCUT2D eigenvalue weighted by Gasteiger charge is 2.00. The molecule has 0 amide bonds. The molecular formula is C5H6BClPS. The zero-order valence-electron chi connectivity index (χ0n) is 5.02. The first-order chi connectivity index (χ1) is 4.24. The van der Waals surface area contributed by atoms with Crippen LogP contribution in [0.15, 0.2) is 6.07 Å². The zero-order chi connectivity index (χ0) is 6.85. The maximum atomic E-state index is 5.82. The normalized spacial score (nSPS) is 9.67. The summed E-state index contributed by atoms with van der Waals surface area (Å²) in [5.41, 5.74) is 1.11. The molecular weight excluding hydrogens is 169 g/mol. The van der Waals surface area contributed by atoms with Crippen molar-refractivity contribution in [2.75, 3.05) is 0 Å². The van der Waals surface area contributed by atoms with Gasteiger partial charge in [0.25, 0.3) is 0 Å². The highest BCUT2D eigenvalue weighted by atomic mass is 35.5. The van der Waals surface area contributed by atoms with Gasteiger partial charge in [-0.25, -0.2) is 0 Å². The Kier molecular flexibility index (Phi) is 2.57. The van der Waals surface area contributed by atoms with E-state index in [1.807, 2.05) is 13.9 Å². The first-order valence-electron chi connectivity index (χ1n) is 2.55. The SMILES string of the molecule is Cc1cc([B]P)c(Cl)s1. The minimum atomic E-state index is 0.877.